The number of allylic oxidation sites excluding steroid dienone is 1. The molecule has 1 unspecified atom stereocenters. The maximum atomic E-state index is 9.29. The molecule has 0 aliphatic heterocycles. The second-order valence-corrected chi connectivity index (χ2v) is 3.88. The van der Waals surface area contributed by atoms with Crippen LogP contribution in [0.5, 0.6) is 0 Å². The predicted octanol–water partition coefficient (Wildman–Crippen LogP) is 2.46. The Hall–Kier alpha value is 0.0500. The topological polar surface area (TPSA) is 20.2 Å². The van der Waals surface area contributed by atoms with E-state index in [4.69, 9.17) is 0 Å². The van der Waals surface area contributed by atoms with Crippen LogP contribution in [-0.2, 0) is 0 Å². The zero-order valence-electron chi connectivity index (χ0n) is 7.63. The first-order valence-corrected chi connectivity index (χ1v) is 5.56. The lowest BCUT2D eigenvalue weighted by atomic mass is 9.93. The zero-order valence-corrected chi connectivity index (χ0v) is 8.45. The van der Waals surface area contributed by atoms with Crippen molar-refractivity contribution in [3.63, 3.8) is 0 Å². The van der Waals surface area contributed by atoms with Gasteiger partial charge in [0.1, 0.15) is 0 Å². The van der Waals surface area contributed by atoms with E-state index in [2.05, 4.69) is 0 Å². The summed E-state index contributed by atoms with van der Waals surface area (Å²) in [6, 6.07) is 0. The molecule has 0 saturated carbocycles. The number of aliphatic hydroxyl groups is 1. The highest BCUT2D eigenvalue weighted by Gasteiger charge is 2.17. The van der Waals surface area contributed by atoms with Gasteiger partial charge >= 0.3 is 0 Å². The van der Waals surface area contributed by atoms with Crippen molar-refractivity contribution in [2.45, 2.75) is 31.8 Å². The zero-order chi connectivity index (χ0) is 8.74. The maximum absolute atomic E-state index is 9.29. The first kappa shape index (κ1) is 11.1. The second kappa shape index (κ2) is 5.67. The van der Waals surface area contributed by atoms with Crippen LogP contribution < -0.4 is 0 Å². The molecule has 0 saturated heterocycles. The normalized spacial score (nSPS) is 29.1. The van der Waals surface area contributed by atoms with Crippen LogP contribution in [0.25, 0.3) is 0 Å². The quantitative estimate of drug-likeness (QED) is 0.569. The van der Waals surface area contributed by atoms with E-state index in [0.717, 1.165) is 19.3 Å². The van der Waals surface area contributed by atoms with Crippen molar-refractivity contribution in [2.24, 2.45) is 0 Å². The fraction of sp³-hybridized carbons (Fsp3) is 0.778. The SMILES string of the molecule is CC1(O)C=CCCC1.CSC. The first-order valence-electron chi connectivity index (χ1n) is 3.92. The van der Waals surface area contributed by atoms with Gasteiger partial charge in [0.05, 0.1) is 5.60 Å². The lowest BCUT2D eigenvalue weighted by molar-refractivity contribution is 0.0948. The average molecular weight is 174 g/mol. The van der Waals surface area contributed by atoms with Gasteiger partial charge in [-0.15, -0.1) is 0 Å². The van der Waals surface area contributed by atoms with Gasteiger partial charge in [-0.05, 0) is 38.7 Å². The maximum Gasteiger partial charge on any atom is 0.0799 e. The van der Waals surface area contributed by atoms with Gasteiger partial charge in [0, 0.05) is 0 Å². The Morgan fingerprint density at radius 1 is 1.45 bits per heavy atom. The molecule has 1 rings (SSSR count). The molecule has 0 aromatic heterocycles. The van der Waals surface area contributed by atoms with Gasteiger partial charge in [0.15, 0.2) is 0 Å². The summed E-state index contributed by atoms with van der Waals surface area (Å²) in [6.45, 7) is 1.85. The van der Waals surface area contributed by atoms with Crippen molar-refractivity contribution in [3.05, 3.63) is 12.2 Å². The highest BCUT2D eigenvalue weighted by molar-refractivity contribution is 7.97. The summed E-state index contributed by atoms with van der Waals surface area (Å²) in [4.78, 5) is 0. The molecule has 1 aliphatic rings. The Morgan fingerprint density at radius 3 is 2.18 bits per heavy atom. The van der Waals surface area contributed by atoms with E-state index in [0.29, 0.717) is 0 Å². The fourth-order valence-corrected chi connectivity index (χ4v) is 0.998. The number of hydrogen-bond donors (Lipinski definition) is 1. The van der Waals surface area contributed by atoms with Crippen LogP contribution in [0.1, 0.15) is 26.2 Å². The average Bonchev–Trinajstić information content (AvgIpc) is 1.88. The van der Waals surface area contributed by atoms with Crippen LogP contribution in [0.3, 0.4) is 0 Å². The molecular formula is C9H18OS. The van der Waals surface area contributed by atoms with Gasteiger partial charge in [-0.3, -0.25) is 0 Å². The molecule has 0 radical (unpaired) electrons. The molecule has 0 aromatic carbocycles. The highest BCUT2D eigenvalue weighted by atomic mass is 32.2. The molecule has 0 spiro atoms. The Morgan fingerprint density at radius 2 is 2.00 bits per heavy atom. The first-order chi connectivity index (χ1) is 5.12. The van der Waals surface area contributed by atoms with Crippen molar-refractivity contribution in [1.29, 1.82) is 0 Å². The summed E-state index contributed by atoms with van der Waals surface area (Å²) in [7, 11) is 0. The monoisotopic (exact) mass is 174 g/mol. The van der Waals surface area contributed by atoms with Gasteiger partial charge in [0.25, 0.3) is 0 Å². The summed E-state index contributed by atoms with van der Waals surface area (Å²) < 4.78 is 0. The molecule has 0 heterocycles. The minimum Gasteiger partial charge on any atom is -0.386 e. The summed E-state index contributed by atoms with van der Waals surface area (Å²) in [6.07, 6.45) is 11.2. The Labute approximate surface area is 73.9 Å². The molecule has 1 atom stereocenters. The van der Waals surface area contributed by atoms with E-state index in [1.165, 1.54) is 0 Å². The summed E-state index contributed by atoms with van der Waals surface area (Å²) in [5, 5.41) is 9.29. The lowest BCUT2D eigenvalue weighted by Crippen LogP contribution is -2.22. The molecule has 1 N–H and O–H groups in total. The Balaban J connectivity index is 0.000000292. The molecule has 0 amide bonds. The third kappa shape index (κ3) is 6.45. The second-order valence-electron chi connectivity index (χ2n) is 3.06. The van der Waals surface area contributed by atoms with Crippen LogP contribution in [0.2, 0.25) is 0 Å². The summed E-state index contributed by atoms with van der Waals surface area (Å²) in [5.41, 5.74) is -0.502. The van der Waals surface area contributed by atoms with Gasteiger partial charge in [0.2, 0.25) is 0 Å². The lowest BCUT2D eigenvalue weighted by Gasteiger charge is -2.21. The molecule has 1 aliphatic carbocycles. The molecule has 11 heavy (non-hydrogen) atoms. The van der Waals surface area contributed by atoms with Crippen LogP contribution in [-0.4, -0.2) is 23.2 Å². The van der Waals surface area contributed by atoms with Crippen molar-refractivity contribution in [1.82, 2.24) is 0 Å². The van der Waals surface area contributed by atoms with E-state index < -0.39 is 5.60 Å². The van der Waals surface area contributed by atoms with Crippen LogP contribution in [0.15, 0.2) is 12.2 Å². The number of thioether (sulfide) groups is 1. The van der Waals surface area contributed by atoms with E-state index in [1.807, 2.05) is 31.6 Å². The summed E-state index contributed by atoms with van der Waals surface area (Å²) >= 11 is 1.75. The standard InChI is InChI=1S/C7H12O.C2H6S/c1-7(8)5-3-2-4-6-7;1-3-2/h3,5,8H,2,4,6H2,1H3;1-2H3. The van der Waals surface area contributed by atoms with Gasteiger partial charge in [-0.25, -0.2) is 0 Å². The Kier molecular flexibility index (Phi) is 5.69. The third-order valence-electron chi connectivity index (χ3n) is 1.53. The number of rotatable bonds is 0. The van der Waals surface area contributed by atoms with Crippen molar-refractivity contribution in [3.8, 4) is 0 Å². The van der Waals surface area contributed by atoms with Crippen molar-refractivity contribution < 1.29 is 5.11 Å². The van der Waals surface area contributed by atoms with E-state index >= 15 is 0 Å². The predicted molar refractivity (Wildman–Crippen MR) is 53.1 cm³/mol. The number of hydrogen-bond acceptors (Lipinski definition) is 2. The molecule has 0 bridgehead atoms. The summed E-state index contributed by atoms with van der Waals surface area (Å²) in [5.74, 6) is 0. The minimum atomic E-state index is -0.502. The molecule has 0 aromatic rings. The molecular weight excluding hydrogens is 156 g/mol. The van der Waals surface area contributed by atoms with E-state index in [-0.39, 0.29) is 0 Å². The molecule has 1 nitrogen and oxygen atoms in total. The van der Waals surface area contributed by atoms with Crippen molar-refractivity contribution in [2.75, 3.05) is 12.5 Å². The molecule has 66 valence electrons. The van der Waals surface area contributed by atoms with E-state index in [1.54, 1.807) is 11.8 Å². The molecule has 2 heteroatoms. The van der Waals surface area contributed by atoms with Crippen LogP contribution >= 0.6 is 11.8 Å². The minimum absolute atomic E-state index is 0.502. The van der Waals surface area contributed by atoms with Crippen LogP contribution in [0, 0.1) is 0 Å². The molecule has 0 fully saturated rings. The van der Waals surface area contributed by atoms with E-state index in [9.17, 15) is 5.11 Å². The fourth-order valence-electron chi connectivity index (χ4n) is 0.998. The van der Waals surface area contributed by atoms with Gasteiger partial charge in [-0.1, -0.05) is 12.2 Å². The van der Waals surface area contributed by atoms with Gasteiger partial charge < -0.3 is 5.11 Å². The van der Waals surface area contributed by atoms with Crippen LogP contribution in [0.4, 0.5) is 0 Å². The largest absolute Gasteiger partial charge is 0.386 e. The smallest absolute Gasteiger partial charge is 0.0799 e. The van der Waals surface area contributed by atoms with Gasteiger partial charge in [-0.2, -0.15) is 11.8 Å². The van der Waals surface area contributed by atoms with Crippen molar-refractivity contribution >= 4 is 11.8 Å². The third-order valence-corrected chi connectivity index (χ3v) is 1.53. The Bertz CT molecular complexity index is 119. The highest BCUT2D eigenvalue weighted by Crippen LogP contribution is 2.20.